The highest BCUT2D eigenvalue weighted by molar-refractivity contribution is 7.89. The van der Waals surface area contributed by atoms with Crippen molar-refractivity contribution in [2.24, 2.45) is 11.1 Å². The van der Waals surface area contributed by atoms with Crippen molar-refractivity contribution in [2.45, 2.75) is 30.3 Å². The van der Waals surface area contributed by atoms with Crippen molar-refractivity contribution in [3.8, 4) is 0 Å². The molecule has 2 aromatic rings. The average Bonchev–Trinajstić information content (AvgIpc) is 3.13. The Morgan fingerprint density at radius 2 is 1.95 bits per heavy atom. The van der Waals surface area contributed by atoms with Gasteiger partial charge in [-0.2, -0.15) is 0 Å². The fraction of sp³-hybridized carbons (Fsp3) is 0.333. The lowest BCUT2D eigenvalue weighted by Crippen LogP contribution is -2.21. The van der Waals surface area contributed by atoms with Crippen LogP contribution in [0.2, 0.25) is 0 Å². The van der Waals surface area contributed by atoms with Gasteiger partial charge in [-0.15, -0.1) is 11.3 Å². The van der Waals surface area contributed by atoms with Crippen molar-refractivity contribution in [3.63, 3.8) is 0 Å². The Bertz CT molecular complexity index is 690. The minimum absolute atomic E-state index is 0.156. The molecule has 1 aromatic carbocycles. The number of hydrogen-bond donors (Lipinski definition) is 2. The highest BCUT2D eigenvalue weighted by Gasteiger charge is 2.32. The maximum absolute atomic E-state index is 11.2. The quantitative estimate of drug-likeness (QED) is 0.859. The normalized spacial score (nSPS) is 16.8. The van der Waals surface area contributed by atoms with E-state index in [-0.39, 0.29) is 4.90 Å². The van der Waals surface area contributed by atoms with E-state index in [2.05, 4.69) is 22.8 Å². The van der Waals surface area contributed by atoms with Crippen LogP contribution in [0.5, 0.6) is 0 Å². The summed E-state index contributed by atoms with van der Waals surface area (Å²) in [4.78, 5) is 1.53. The number of sulfonamides is 1. The highest BCUT2D eigenvalue weighted by atomic mass is 32.2. The van der Waals surface area contributed by atoms with Gasteiger partial charge in [0.25, 0.3) is 0 Å². The Morgan fingerprint density at radius 1 is 1.24 bits per heavy atom. The highest BCUT2D eigenvalue weighted by Crippen LogP contribution is 2.42. The van der Waals surface area contributed by atoms with Crippen LogP contribution in [-0.2, 0) is 16.6 Å². The Morgan fingerprint density at radius 3 is 2.48 bits per heavy atom. The van der Waals surface area contributed by atoms with Crippen LogP contribution in [0.1, 0.15) is 29.3 Å². The summed E-state index contributed by atoms with van der Waals surface area (Å²) in [7, 11) is -3.61. The van der Waals surface area contributed by atoms with Crippen LogP contribution < -0.4 is 10.5 Å². The van der Waals surface area contributed by atoms with E-state index in [1.54, 1.807) is 23.5 Å². The van der Waals surface area contributed by atoms with Crippen LogP contribution in [0.15, 0.2) is 46.7 Å². The SMILES string of the molecule is NS(=O)(=O)c1ccc(CNC(c2cccs2)C2CC2)cc1. The summed E-state index contributed by atoms with van der Waals surface area (Å²) < 4.78 is 22.5. The van der Waals surface area contributed by atoms with Gasteiger partial charge in [-0.05, 0) is 47.9 Å². The van der Waals surface area contributed by atoms with E-state index in [1.807, 2.05) is 12.1 Å². The van der Waals surface area contributed by atoms with Crippen molar-refractivity contribution in [2.75, 3.05) is 0 Å². The van der Waals surface area contributed by atoms with Crippen LogP contribution >= 0.6 is 11.3 Å². The number of rotatable bonds is 6. The molecule has 1 aliphatic rings. The van der Waals surface area contributed by atoms with Crippen molar-refractivity contribution in [1.82, 2.24) is 5.32 Å². The molecule has 1 atom stereocenters. The van der Waals surface area contributed by atoms with Gasteiger partial charge in [-0.3, -0.25) is 0 Å². The zero-order chi connectivity index (χ0) is 14.9. The van der Waals surface area contributed by atoms with Crippen LogP contribution in [-0.4, -0.2) is 8.42 Å². The van der Waals surface area contributed by atoms with E-state index >= 15 is 0 Å². The smallest absolute Gasteiger partial charge is 0.238 e. The maximum Gasteiger partial charge on any atom is 0.238 e. The molecule has 1 aromatic heterocycles. The molecule has 0 amide bonds. The van der Waals surface area contributed by atoms with Gasteiger partial charge in [0, 0.05) is 17.5 Å². The molecule has 0 bridgehead atoms. The van der Waals surface area contributed by atoms with E-state index < -0.39 is 10.0 Å². The topological polar surface area (TPSA) is 72.2 Å². The molecule has 21 heavy (non-hydrogen) atoms. The predicted molar refractivity (Wildman–Crippen MR) is 84.4 cm³/mol. The first-order chi connectivity index (χ1) is 10.0. The van der Waals surface area contributed by atoms with E-state index in [1.165, 1.54) is 17.7 Å². The summed E-state index contributed by atoms with van der Waals surface area (Å²) in [5, 5.41) is 10.8. The van der Waals surface area contributed by atoms with Gasteiger partial charge in [-0.1, -0.05) is 18.2 Å². The molecule has 6 heteroatoms. The predicted octanol–water partition coefficient (Wildman–Crippen LogP) is 2.64. The molecular formula is C15H18N2O2S2. The van der Waals surface area contributed by atoms with Crippen molar-refractivity contribution in [1.29, 1.82) is 0 Å². The zero-order valence-electron chi connectivity index (χ0n) is 11.5. The van der Waals surface area contributed by atoms with Gasteiger partial charge in [0.15, 0.2) is 0 Å². The van der Waals surface area contributed by atoms with Gasteiger partial charge < -0.3 is 5.32 Å². The number of primary sulfonamides is 1. The molecule has 4 nitrogen and oxygen atoms in total. The molecule has 1 saturated carbocycles. The second-order valence-corrected chi connectivity index (χ2v) is 7.94. The number of nitrogens with two attached hydrogens (primary N) is 1. The van der Waals surface area contributed by atoms with Gasteiger partial charge >= 0.3 is 0 Å². The summed E-state index contributed by atoms with van der Waals surface area (Å²) >= 11 is 1.78. The Hall–Kier alpha value is -1.21. The Balaban J connectivity index is 1.66. The lowest BCUT2D eigenvalue weighted by atomic mass is 10.1. The fourth-order valence-electron chi connectivity index (χ4n) is 2.42. The summed E-state index contributed by atoms with van der Waals surface area (Å²) in [6, 6.07) is 11.4. The molecule has 112 valence electrons. The summed E-state index contributed by atoms with van der Waals surface area (Å²) in [5.41, 5.74) is 1.06. The minimum Gasteiger partial charge on any atom is -0.305 e. The maximum atomic E-state index is 11.2. The summed E-state index contributed by atoms with van der Waals surface area (Å²) in [5.74, 6) is 0.729. The minimum atomic E-state index is -3.61. The molecule has 3 rings (SSSR count). The molecule has 0 saturated heterocycles. The van der Waals surface area contributed by atoms with Crippen molar-refractivity contribution >= 4 is 21.4 Å². The van der Waals surface area contributed by atoms with Crippen molar-refractivity contribution in [3.05, 3.63) is 52.2 Å². The summed E-state index contributed by atoms with van der Waals surface area (Å²) in [6.45, 7) is 0.726. The largest absolute Gasteiger partial charge is 0.305 e. The Kier molecular flexibility index (Phi) is 4.12. The number of hydrogen-bond acceptors (Lipinski definition) is 4. The van der Waals surface area contributed by atoms with Crippen LogP contribution in [0.4, 0.5) is 0 Å². The van der Waals surface area contributed by atoms with Gasteiger partial charge in [0.1, 0.15) is 0 Å². The van der Waals surface area contributed by atoms with E-state index in [9.17, 15) is 8.42 Å². The van der Waals surface area contributed by atoms with Gasteiger partial charge in [-0.25, -0.2) is 13.6 Å². The molecule has 1 unspecified atom stereocenters. The molecule has 3 N–H and O–H groups in total. The number of benzene rings is 1. The van der Waals surface area contributed by atoms with E-state index in [0.29, 0.717) is 6.04 Å². The standard InChI is InChI=1S/C15H18N2O2S2/c16-21(18,19)13-7-3-11(4-8-13)10-17-15(12-5-6-12)14-2-1-9-20-14/h1-4,7-9,12,15,17H,5-6,10H2,(H2,16,18,19). The molecular weight excluding hydrogens is 304 g/mol. The third-order valence-electron chi connectivity index (χ3n) is 3.72. The van der Waals surface area contributed by atoms with Crippen LogP contribution in [0, 0.1) is 5.92 Å². The zero-order valence-corrected chi connectivity index (χ0v) is 13.2. The molecule has 0 radical (unpaired) electrons. The lowest BCUT2D eigenvalue weighted by molar-refractivity contribution is 0.487. The van der Waals surface area contributed by atoms with E-state index in [0.717, 1.165) is 18.0 Å². The van der Waals surface area contributed by atoms with Crippen molar-refractivity contribution < 1.29 is 8.42 Å². The molecule has 1 fully saturated rings. The van der Waals surface area contributed by atoms with Crippen LogP contribution in [0.25, 0.3) is 0 Å². The lowest BCUT2D eigenvalue weighted by Gasteiger charge is -2.17. The molecule has 1 aliphatic carbocycles. The van der Waals surface area contributed by atoms with Crippen LogP contribution in [0.3, 0.4) is 0 Å². The van der Waals surface area contributed by atoms with E-state index in [4.69, 9.17) is 5.14 Å². The first kappa shape index (κ1) is 14.7. The molecule has 0 spiro atoms. The fourth-order valence-corrected chi connectivity index (χ4v) is 3.83. The number of nitrogens with one attached hydrogen (secondary N) is 1. The van der Waals surface area contributed by atoms with Gasteiger partial charge in [0.2, 0.25) is 10.0 Å². The molecule has 1 heterocycles. The monoisotopic (exact) mass is 322 g/mol. The second kappa shape index (κ2) is 5.88. The average molecular weight is 322 g/mol. The van der Waals surface area contributed by atoms with Gasteiger partial charge in [0.05, 0.1) is 4.90 Å². The first-order valence-electron chi connectivity index (χ1n) is 6.92. The second-order valence-electron chi connectivity index (χ2n) is 5.40. The number of thiophene rings is 1. The third kappa shape index (κ3) is 3.71. The first-order valence-corrected chi connectivity index (χ1v) is 9.35. The Labute approximate surface area is 129 Å². The molecule has 0 aliphatic heterocycles. The summed E-state index contributed by atoms with van der Waals surface area (Å²) in [6.07, 6.45) is 2.56. The third-order valence-corrected chi connectivity index (χ3v) is 5.61.